The Bertz CT molecular complexity index is 379. The number of halogens is 1. The fourth-order valence-corrected chi connectivity index (χ4v) is 1.18. The van der Waals surface area contributed by atoms with Gasteiger partial charge in [-0.25, -0.2) is 11.0 Å². The Balaban J connectivity index is 3.20. The number of hydrogen-bond donors (Lipinski definition) is 0. The van der Waals surface area contributed by atoms with Crippen LogP contribution in [-0.4, -0.2) is 7.11 Å². The summed E-state index contributed by atoms with van der Waals surface area (Å²) in [4.78, 5) is 3.38. The van der Waals surface area contributed by atoms with E-state index in [4.69, 9.17) is 11.3 Å². The highest BCUT2D eigenvalue weighted by atomic mass is 19.1. The second-order valence-corrected chi connectivity index (χ2v) is 3.52. The maximum atomic E-state index is 13.5. The maximum Gasteiger partial charge on any atom is 0.254 e. The van der Waals surface area contributed by atoms with Gasteiger partial charge in [0.15, 0.2) is 0 Å². The van der Waals surface area contributed by atoms with Crippen molar-refractivity contribution in [3.8, 4) is 5.75 Å². The molecule has 0 aliphatic rings. The molecule has 0 radical (unpaired) electrons. The van der Waals surface area contributed by atoms with Gasteiger partial charge in [-0.1, -0.05) is 0 Å². The summed E-state index contributed by atoms with van der Waals surface area (Å²) in [6, 6.07) is 4.54. The van der Waals surface area contributed by atoms with Crippen molar-refractivity contribution >= 4 is 0 Å². The summed E-state index contributed by atoms with van der Waals surface area (Å²) in [5.74, 6) is 0.0670. The van der Waals surface area contributed by atoms with Crippen molar-refractivity contribution in [3.63, 3.8) is 0 Å². The van der Waals surface area contributed by atoms with Gasteiger partial charge in [-0.3, -0.25) is 0 Å². The first-order valence-corrected chi connectivity index (χ1v) is 4.24. The quantitative estimate of drug-likeness (QED) is 0.658. The van der Waals surface area contributed by atoms with Crippen LogP contribution in [0.5, 0.6) is 5.75 Å². The van der Waals surface area contributed by atoms with Crippen LogP contribution < -0.4 is 4.74 Å². The molecule has 0 saturated heterocycles. The normalized spacial score (nSPS) is 10.8. The van der Waals surface area contributed by atoms with Crippen LogP contribution in [0.2, 0.25) is 0 Å². The van der Waals surface area contributed by atoms with Gasteiger partial charge in [0, 0.05) is 19.9 Å². The number of ether oxygens (including phenoxy) is 1. The summed E-state index contributed by atoms with van der Waals surface area (Å²) in [5.41, 5.74) is -0.426. The van der Waals surface area contributed by atoms with Crippen molar-refractivity contribution in [2.24, 2.45) is 0 Å². The van der Waals surface area contributed by atoms with E-state index >= 15 is 0 Å². The summed E-state index contributed by atoms with van der Waals surface area (Å²) >= 11 is 0. The molecule has 1 aromatic carbocycles. The Kier molecular flexibility index (Phi) is 2.76. The lowest BCUT2D eigenvalue weighted by atomic mass is 9.95. The SMILES string of the molecule is [C-]#[N+]C(C)(C)c1ccc(OC)cc1F. The van der Waals surface area contributed by atoms with Crippen molar-refractivity contribution in [1.29, 1.82) is 0 Å². The molecule has 2 nitrogen and oxygen atoms in total. The van der Waals surface area contributed by atoms with E-state index in [1.807, 2.05) is 0 Å². The van der Waals surface area contributed by atoms with Crippen molar-refractivity contribution in [3.05, 3.63) is 41.0 Å². The summed E-state index contributed by atoms with van der Waals surface area (Å²) in [7, 11) is 1.48. The van der Waals surface area contributed by atoms with E-state index in [1.54, 1.807) is 26.0 Å². The fraction of sp³-hybridized carbons (Fsp3) is 0.364. The average molecular weight is 193 g/mol. The number of nitrogens with zero attached hydrogens (tertiary/aromatic N) is 1. The molecule has 0 saturated carbocycles. The van der Waals surface area contributed by atoms with Gasteiger partial charge < -0.3 is 9.58 Å². The molecule has 0 unspecified atom stereocenters. The molecule has 0 N–H and O–H groups in total. The smallest absolute Gasteiger partial charge is 0.254 e. The van der Waals surface area contributed by atoms with Crippen LogP contribution >= 0.6 is 0 Å². The standard InChI is InChI=1S/C11H12FNO/c1-11(2,13-3)9-6-5-8(14-4)7-10(9)12/h5-7H,1-2,4H3. The average Bonchev–Trinajstić information content (AvgIpc) is 2.17. The molecule has 0 aliphatic heterocycles. The minimum absolute atomic E-state index is 0.397. The van der Waals surface area contributed by atoms with E-state index in [9.17, 15) is 4.39 Å². The van der Waals surface area contributed by atoms with E-state index in [2.05, 4.69) is 4.85 Å². The van der Waals surface area contributed by atoms with Gasteiger partial charge in [-0.05, 0) is 12.1 Å². The maximum absolute atomic E-state index is 13.5. The number of rotatable bonds is 2. The van der Waals surface area contributed by atoms with Gasteiger partial charge in [0.2, 0.25) is 0 Å². The molecule has 14 heavy (non-hydrogen) atoms. The van der Waals surface area contributed by atoms with Gasteiger partial charge in [0.1, 0.15) is 11.6 Å². The number of methoxy groups -OCH3 is 1. The van der Waals surface area contributed by atoms with E-state index in [0.717, 1.165) is 0 Å². The summed E-state index contributed by atoms with van der Waals surface area (Å²) in [6.07, 6.45) is 0. The third-order valence-corrected chi connectivity index (χ3v) is 2.11. The van der Waals surface area contributed by atoms with Crippen LogP contribution in [0.15, 0.2) is 18.2 Å². The molecule has 3 heteroatoms. The summed E-state index contributed by atoms with van der Waals surface area (Å²) in [6.45, 7) is 10.3. The van der Waals surface area contributed by atoms with Crippen LogP contribution in [-0.2, 0) is 5.54 Å². The summed E-state index contributed by atoms with van der Waals surface area (Å²) < 4.78 is 18.4. The van der Waals surface area contributed by atoms with Crippen molar-refractivity contribution in [1.82, 2.24) is 0 Å². The topological polar surface area (TPSA) is 13.6 Å². The molecular weight excluding hydrogens is 181 g/mol. The van der Waals surface area contributed by atoms with Crippen LogP contribution in [0.4, 0.5) is 4.39 Å². The highest BCUT2D eigenvalue weighted by Gasteiger charge is 2.29. The van der Waals surface area contributed by atoms with Gasteiger partial charge in [-0.15, -0.1) is 0 Å². The zero-order valence-corrected chi connectivity index (χ0v) is 8.47. The van der Waals surface area contributed by atoms with Crippen molar-refractivity contribution in [2.75, 3.05) is 7.11 Å². The minimum Gasteiger partial charge on any atom is -0.497 e. The molecule has 1 aromatic rings. The molecule has 0 bridgehead atoms. The second-order valence-electron chi connectivity index (χ2n) is 3.52. The van der Waals surface area contributed by atoms with Crippen LogP contribution in [0.3, 0.4) is 0 Å². The van der Waals surface area contributed by atoms with Crippen LogP contribution in [0.1, 0.15) is 19.4 Å². The molecule has 74 valence electrons. The first-order chi connectivity index (χ1) is 6.51. The predicted molar refractivity (Wildman–Crippen MR) is 52.6 cm³/mol. The third kappa shape index (κ3) is 1.85. The zero-order valence-electron chi connectivity index (χ0n) is 8.47. The van der Waals surface area contributed by atoms with Crippen molar-refractivity contribution < 1.29 is 9.13 Å². The molecule has 0 heterocycles. The molecule has 0 aliphatic carbocycles. The molecule has 0 aromatic heterocycles. The van der Waals surface area contributed by atoms with Crippen LogP contribution in [0.25, 0.3) is 4.85 Å². The Morgan fingerprint density at radius 2 is 2.07 bits per heavy atom. The molecular formula is C11H12FNO. The Hall–Kier alpha value is -1.56. The van der Waals surface area contributed by atoms with Crippen LogP contribution in [0, 0.1) is 12.4 Å². The number of benzene rings is 1. The van der Waals surface area contributed by atoms with E-state index in [1.165, 1.54) is 13.2 Å². The van der Waals surface area contributed by atoms with E-state index < -0.39 is 11.4 Å². The predicted octanol–water partition coefficient (Wildman–Crippen LogP) is 2.99. The largest absolute Gasteiger partial charge is 0.497 e. The highest BCUT2D eigenvalue weighted by molar-refractivity contribution is 5.34. The first kappa shape index (κ1) is 10.5. The lowest BCUT2D eigenvalue weighted by molar-refractivity contribution is 0.409. The summed E-state index contributed by atoms with van der Waals surface area (Å²) in [5, 5.41) is 0. The second kappa shape index (κ2) is 3.67. The molecule has 1 rings (SSSR count). The van der Waals surface area contributed by atoms with E-state index in [-0.39, 0.29) is 0 Å². The highest BCUT2D eigenvalue weighted by Crippen LogP contribution is 2.29. The zero-order chi connectivity index (χ0) is 10.8. The Labute approximate surface area is 83.1 Å². The van der Waals surface area contributed by atoms with Crippen molar-refractivity contribution in [2.45, 2.75) is 19.4 Å². The first-order valence-electron chi connectivity index (χ1n) is 4.24. The van der Waals surface area contributed by atoms with E-state index in [0.29, 0.717) is 11.3 Å². The molecule has 0 amide bonds. The lowest BCUT2D eigenvalue weighted by Crippen LogP contribution is -2.13. The lowest BCUT2D eigenvalue weighted by Gasteiger charge is -2.12. The minimum atomic E-state index is -0.823. The fourth-order valence-electron chi connectivity index (χ4n) is 1.18. The Morgan fingerprint density at radius 1 is 1.43 bits per heavy atom. The van der Waals surface area contributed by atoms with Gasteiger partial charge in [0.25, 0.3) is 5.54 Å². The van der Waals surface area contributed by atoms with Gasteiger partial charge in [0.05, 0.1) is 12.7 Å². The van der Waals surface area contributed by atoms with Gasteiger partial charge in [-0.2, -0.15) is 0 Å². The monoisotopic (exact) mass is 193 g/mol. The Morgan fingerprint density at radius 3 is 2.50 bits per heavy atom. The molecule has 0 fully saturated rings. The van der Waals surface area contributed by atoms with Gasteiger partial charge >= 0.3 is 0 Å². The number of hydrogen-bond acceptors (Lipinski definition) is 1. The molecule has 0 spiro atoms. The third-order valence-electron chi connectivity index (χ3n) is 2.11. The molecule has 0 atom stereocenters.